The molecule has 1 heterocycles. The van der Waals surface area contributed by atoms with E-state index in [9.17, 15) is 5.11 Å². The van der Waals surface area contributed by atoms with Crippen LogP contribution >= 0.6 is 24.0 Å². The molecule has 1 fully saturated rings. The lowest BCUT2D eigenvalue weighted by Gasteiger charge is -2.33. The van der Waals surface area contributed by atoms with Crippen LogP contribution in [0.3, 0.4) is 0 Å². The summed E-state index contributed by atoms with van der Waals surface area (Å²) in [5.41, 5.74) is 0.0921. The highest BCUT2D eigenvalue weighted by atomic mass is 127. The summed E-state index contributed by atoms with van der Waals surface area (Å²) >= 11 is 0. The zero-order valence-electron chi connectivity index (χ0n) is 19.9. The Balaban J connectivity index is 0.00000512. The molecule has 0 saturated carbocycles. The number of aliphatic imine (C=N–C) groups is 1. The predicted octanol–water partition coefficient (Wildman–Crippen LogP) is 1.51. The van der Waals surface area contributed by atoms with E-state index in [0.717, 1.165) is 25.2 Å². The van der Waals surface area contributed by atoms with Crippen molar-refractivity contribution in [3.8, 4) is 17.2 Å². The van der Waals surface area contributed by atoms with Crippen LogP contribution in [0, 0.1) is 0 Å². The molecule has 32 heavy (non-hydrogen) atoms. The van der Waals surface area contributed by atoms with Crippen LogP contribution < -0.4 is 24.8 Å². The molecule has 0 aliphatic carbocycles. The van der Waals surface area contributed by atoms with Gasteiger partial charge in [-0.3, -0.25) is 9.89 Å². The zero-order valence-corrected chi connectivity index (χ0v) is 22.2. The molecule has 1 aromatic carbocycles. The van der Waals surface area contributed by atoms with Crippen LogP contribution in [0.2, 0.25) is 0 Å². The number of guanidine groups is 1. The first-order valence-electron chi connectivity index (χ1n) is 10.8. The van der Waals surface area contributed by atoms with E-state index in [4.69, 9.17) is 18.9 Å². The van der Waals surface area contributed by atoms with E-state index in [1.54, 1.807) is 21.3 Å². The molecule has 184 valence electrons. The van der Waals surface area contributed by atoms with Crippen molar-refractivity contribution in [1.29, 1.82) is 0 Å². The summed E-state index contributed by atoms with van der Waals surface area (Å²) in [7, 11) is 4.82. The van der Waals surface area contributed by atoms with Crippen LogP contribution in [-0.2, 0) is 11.2 Å². The van der Waals surface area contributed by atoms with Gasteiger partial charge in [0.1, 0.15) is 0 Å². The van der Waals surface area contributed by atoms with E-state index in [1.165, 1.54) is 0 Å². The first-order valence-corrected chi connectivity index (χ1v) is 10.8. The predicted molar refractivity (Wildman–Crippen MR) is 137 cm³/mol. The van der Waals surface area contributed by atoms with Gasteiger partial charge in [0, 0.05) is 38.3 Å². The molecule has 9 nitrogen and oxygen atoms in total. The maximum absolute atomic E-state index is 10.8. The molecule has 0 aromatic heterocycles. The van der Waals surface area contributed by atoms with Crippen molar-refractivity contribution in [2.75, 3.05) is 73.8 Å². The van der Waals surface area contributed by atoms with Gasteiger partial charge in [0.25, 0.3) is 0 Å². The van der Waals surface area contributed by atoms with Crippen LogP contribution in [0.4, 0.5) is 0 Å². The van der Waals surface area contributed by atoms with Crippen LogP contribution in [0.25, 0.3) is 0 Å². The van der Waals surface area contributed by atoms with E-state index < -0.39 is 5.60 Å². The average molecular weight is 566 g/mol. The lowest BCUT2D eigenvalue weighted by atomic mass is 10.1. The molecule has 2 rings (SSSR count). The Morgan fingerprint density at radius 3 is 2.41 bits per heavy atom. The summed E-state index contributed by atoms with van der Waals surface area (Å²) in [5, 5.41) is 17.3. The molecule has 1 aliphatic rings. The first kappa shape index (κ1) is 28.5. The number of aliphatic hydroxyl groups is 1. The smallest absolute Gasteiger partial charge is 0.203 e. The number of benzene rings is 1. The molecule has 1 aromatic rings. The second-order valence-corrected chi connectivity index (χ2v) is 7.75. The van der Waals surface area contributed by atoms with E-state index in [-0.39, 0.29) is 24.0 Å². The summed E-state index contributed by atoms with van der Waals surface area (Å²) in [6.45, 7) is 9.19. The maximum Gasteiger partial charge on any atom is 0.203 e. The molecule has 0 radical (unpaired) electrons. The highest BCUT2D eigenvalue weighted by Crippen LogP contribution is 2.39. The molecule has 0 bridgehead atoms. The highest BCUT2D eigenvalue weighted by Gasteiger charge is 2.25. The first-order chi connectivity index (χ1) is 14.9. The summed E-state index contributed by atoms with van der Waals surface area (Å²) in [4.78, 5) is 6.81. The van der Waals surface area contributed by atoms with E-state index in [0.29, 0.717) is 62.5 Å². The number of nitrogens with one attached hydrogen (secondary N) is 2. The maximum atomic E-state index is 10.8. The van der Waals surface area contributed by atoms with Gasteiger partial charge in [-0.05, 0) is 26.3 Å². The number of hydrogen-bond acceptors (Lipinski definition) is 7. The van der Waals surface area contributed by atoms with Crippen LogP contribution in [0.15, 0.2) is 17.1 Å². The van der Waals surface area contributed by atoms with Gasteiger partial charge in [-0.15, -0.1) is 24.0 Å². The van der Waals surface area contributed by atoms with Gasteiger partial charge in [0.15, 0.2) is 17.5 Å². The monoisotopic (exact) mass is 566 g/mol. The second-order valence-electron chi connectivity index (χ2n) is 7.75. The number of nitrogens with zero attached hydrogens (tertiary/aromatic N) is 2. The molecule has 1 saturated heterocycles. The normalized spacial score (nSPS) is 16.5. The van der Waals surface area contributed by atoms with Gasteiger partial charge in [-0.25, -0.2) is 0 Å². The third-order valence-corrected chi connectivity index (χ3v) is 5.06. The van der Waals surface area contributed by atoms with Crippen LogP contribution in [-0.4, -0.2) is 95.4 Å². The Morgan fingerprint density at radius 2 is 1.81 bits per heavy atom. The second kappa shape index (κ2) is 14.6. The fraction of sp³-hybridized carbons (Fsp3) is 0.682. The van der Waals surface area contributed by atoms with Crippen LogP contribution in [0.1, 0.15) is 19.4 Å². The Morgan fingerprint density at radius 1 is 1.12 bits per heavy atom. The molecular formula is C22H39IN4O5. The van der Waals surface area contributed by atoms with Gasteiger partial charge in [-0.1, -0.05) is 6.07 Å². The Hall–Kier alpha value is -1.50. The van der Waals surface area contributed by atoms with Gasteiger partial charge in [-0.2, -0.15) is 0 Å². The molecular weight excluding hydrogens is 527 g/mol. The van der Waals surface area contributed by atoms with Crippen molar-refractivity contribution < 1.29 is 24.1 Å². The zero-order chi connectivity index (χ0) is 22.7. The number of ether oxygens (including phenoxy) is 4. The molecule has 10 heteroatoms. The number of methoxy groups -OCH3 is 3. The summed E-state index contributed by atoms with van der Waals surface area (Å²) in [5.74, 6) is 2.55. The number of hydrogen-bond donors (Lipinski definition) is 3. The van der Waals surface area contributed by atoms with Crippen molar-refractivity contribution in [3.63, 3.8) is 0 Å². The van der Waals surface area contributed by atoms with Crippen molar-refractivity contribution in [2.24, 2.45) is 4.99 Å². The van der Waals surface area contributed by atoms with E-state index in [2.05, 4.69) is 20.5 Å². The van der Waals surface area contributed by atoms with E-state index >= 15 is 0 Å². The summed E-state index contributed by atoms with van der Waals surface area (Å²) in [6.07, 6.45) is 0.706. The fourth-order valence-electron chi connectivity index (χ4n) is 3.56. The topological polar surface area (TPSA) is 96.8 Å². The minimum Gasteiger partial charge on any atom is -0.493 e. The summed E-state index contributed by atoms with van der Waals surface area (Å²) < 4.78 is 21.7. The quantitative estimate of drug-likeness (QED) is 0.211. The van der Waals surface area contributed by atoms with Crippen molar-refractivity contribution >= 4 is 29.9 Å². The number of halogens is 1. The molecule has 0 amide bonds. The Kier molecular flexibility index (Phi) is 13.0. The van der Waals surface area contributed by atoms with Crippen molar-refractivity contribution in [1.82, 2.24) is 15.5 Å². The van der Waals surface area contributed by atoms with Gasteiger partial charge in [0.2, 0.25) is 5.75 Å². The molecule has 1 atom stereocenters. The number of morpholine rings is 1. The lowest BCUT2D eigenvalue weighted by Crippen LogP contribution is -2.48. The summed E-state index contributed by atoms with van der Waals surface area (Å²) in [6, 6.07) is 3.85. The SMILES string of the molecule is CCNC(=NCC(C)(O)CN1CCOCC1)NCCc1ccc(OC)c(OC)c1OC.I. The fourth-order valence-corrected chi connectivity index (χ4v) is 3.56. The average Bonchev–Trinajstić information content (AvgIpc) is 2.77. The van der Waals surface area contributed by atoms with Crippen molar-refractivity contribution in [2.45, 2.75) is 25.9 Å². The standard InChI is InChI=1S/C22H38N4O5.HI/c1-6-23-21(25-15-22(2,27)16-26-11-13-31-14-12-26)24-10-9-17-7-8-18(28-3)20(30-5)19(17)29-4;/h7-8,27H,6,9-16H2,1-5H3,(H2,23,24,25);1H. The third-order valence-electron chi connectivity index (χ3n) is 5.06. The van der Waals surface area contributed by atoms with Crippen LogP contribution in [0.5, 0.6) is 17.2 Å². The van der Waals surface area contributed by atoms with Crippen molar-refractivity contribution in [3.05, 3.63) is 17.7 Å². The minimum absolute atomic E-state index is 0. The van der Waals surface area contributed by atoms with Gasteiger partial charge in [0.05, 0.1) is 46.7 Å². The number of β-amino-alcohol motifs (C(OH)–C–C–N with tert-alkyl or cyclic N) is 1. The molecule has 1 unspecified atom stereocenters. The Bertz CT molecular complexity index is 712. The molecule has 0 spiro atoms. The molecule has 1 aliphatic heterocycles. The highest BCUT2D eigenvalue weighted by molar-refractivity contribution is 14.0. The van der Waals surface area contributed by atoms with Gasteiger partial charge >= 0.3 is 0 Å². The number of rotatable bonds is 11. The Labute approximate surface area is 208 Å². The largest absolute Gasteiger partial charge is 0.493 e. The third kappa shape index (κ3) is 8.80. The van der Waals surface area contributed by atoms with Gasteiger partial charge < -0.3 is 34.7 Å². The minimum atomic E-state index is -0.910. The molecule has 3 N–H and O–H groups in total. The lowest BCUT2D eigenvalue weighted by molar-refractivity contribution is -0.0179. The van der Waals surface area contributed by atoms with E-state index in [1.807, 2.05) is 26.0 Å².